The van der Waals surface area contributed by atoms with Gasteiger partial charge in [-0.15, -0.1) is 5.10 Å². The van der Waals surface area contributed by atoms with Crippen molar-refractivity contribution in [2.45, 2.75) is 31.4 Å². The molecular weight excluding hydrogens is 224 g/mol. The van der Waals surface area contributed by atoms with Gasteiger partial charge in [0.2, 0.25) is 0 Å². The van der Waals surface area contributed by atoms with Crippen LogP contribution in [0.3, 0.4) is 0 Å². The first-order valence-corrected chi connectivity index (χ1v) is 5.52. The highest BCUT2D eigenvalue weighted by Crippen LogP contribution is 2.33. The second kappa shape index (κ2) is 2.93. The zero-order valence-corrected chi connectivity index (χ0v) is 8.85. The topological polar surface area (TPSA) is 82.2 Å². The number of aliphatic hydroxyl groups excluding tert-OH is 1. The first kappa shape index (κ1) is 9.32. The van der Waals surface area contributed by atoms with Crippen LogP contribution < -0.4 is 5.56 Å². The average molecular weight is 234 g/mol. The lowest BCUT2D eigenvalue weighted by molar-refractivity contribution is -0.0202. The summed E-state index contributed by atoms with van der Waals surface area (Å²) in [4.78, 5) is 11.9. The summed E-state index contributed by atoms with van der Waals surface area (Å²) in [6.45, 7) is 0.428. The standard InChI is InChI=1S/C10H10N4O3/c15-6-3-9-14-8(16)2-1-5-10(14)13(12-11-5)4-7(6)17-9/h1-2,6-7,9,15H,3-4H2/t6-,7-,9-/m1/s1. The number of nitrogens with zero attached hydrogens (tertiary/aromatic N) is 4. The monoisotopic (exact) mass is 234 g/mol. The van der Waals surface area contributed by atoms with Crippen molar-refractivity contribution in [3.05, 3.63) is 22.5 Å². The number of aliphatic hydroxyl groups is 1. The van der Waals surface area contributed by atoms with Gasteiger partial charge in [0.1, 0.15) is 17.8 Å². The molecule has 1 N–H and O–H groups in total. The van der Waals surface area contributed by atoms with Crippen molar-refractivity contribution >= 4 is 11.2 Å². The summed E-state index contributed by atoms with van der Waals surface area (Å²) < 4.78 is 8.83. The molecule has 4 rings (SSSR count). The molecule has 4 heterocycles. The third kappa shape index (κ3) is 1.10. The molecule has 0 spiro atoms. The van der Waals surface area contributed by atoms with Crippen molar-refractivity contribution in [2.75, 3.05) is 0 Å². The van der Waals surface area contributed by atoms with Gasteiger partial charge >= 0.3 is 0 Å². The van der Waals surface area contributed by atoms with Gasteiger partial charge in [-0.2, -0.15) is 0 Å². The Bertz CT molecular complexity index is 661. The van der Waals surface area contributed by atoms with Crippen molar-refractivity contribution in [3.8, 4) is 0 Å². The zero-order valence-electron chi connectivity index (χ0n) is 8.85. The van der Waals surface area contributed by atoms with Gasteiger partial charge in [0.25, 0.3) is 5.56 Å². The molecule has 3 atom stereocenters. The van der Waals surface area contributed by atoms with E-state index in [1.54, 1.807) is 10.7 Å². The lowest BCUT2D eigenvalue weighted by Crippen LogP contribution is -2.28. The number of fused-ring (bicyclic) bond motifs is 3. The zero-order chi connectivity index (χ0) is 11.6. The van der Waals surface area contributed by atoms with Crippen LogP contribution in [0.1, 0.15) is 12.6 Å². The van der Waals surface area contributed by atoms with Gasteiger partial charge in [-0.3, -0.25) is 9.36 Å². The molecule has 2 aromatic rings. The van der Waals surface area contributed by atoms with Gasteiger partial charge in [-0.1, -0.05) is 5.21 Å². The highest BCUT2D eigenvalue weighted by molar-refractivity contribution is 5.70. The molecule has 1 fully saturated rings. The summed E-state index contributed by atoms with van der Waals surface area (Å²) >= 11 is 0. The van der Waals surface area contributed by atoms with E-state index >= 15 is 0 Å². The Morgan fingerprint density at radius 3 is 3.24 bits per heavy atom. The van der Waals surface area contributed by atoms with E-state index in [4.69, 9.17) is 4.74 Å². The highest BCUT2D eigenvalue weighted by Gasteiger charge is 2.39. The van der Waals surface area contributed by atoms with Gasteiger partial charge in [-0.25, -0.2) is 4.68 Å². The van der Waals surface area contributed by atoms with E-state index in [0.29, 0.717) is 24.1 Å². The Labute approximate surface area is 95.2 Å². The molecule has 0 amide bonds. The molecule has 88 valence electrons. The molecule has 2 bridgehead atoms. The number of hydrogen-bond acceptors (Lipinski definition) is 5. The van der Waals surface area contributed by atoms with E-state index in [2.05, 4.69) is 10.3 Å². The lowest BCUT2D eigenvalue weighted by atomic mass is 10.1. The maximum absolute atomic E-state index is 11.9. The SMILES string of the molecule is O=c1ccc2nnn3c2n1[C@H]1C[C@@H](O)[C@@H](C3)O1. The number of pyridine rings is 1. The van der Waals surface area contributed by atoms with Gasteiger partial charge in [0, 0.05) is 12.5 Å². The highest BCUT2D eigenvalue weighted by atomic mass is 16.5. The minimum atomic E-state index is -0.556. The number of ether oxygens (including phenoxy) is 1. The van der Waals surface area contributed by atoms with Crippen molar-refractivity contribution in [1.29, 1.82) is 0 Å². The maximum Gasteiger partial charge on any atom is 0.254 e. The third-order valence-electron chi connectivity index (χ3n) is 3.43. The van der Waals surface area contributed by atoms with Crippen molar-refractivity contribution < 1.29 is 9.84 Å². The van der Waals surface area contributed by atoms with Crippen LogP contribution >= 0.6 is 0 Å². The summed E-state index contributed by atoms with van der Waals surface area (Å²) in [5.41, 5.74) is 1.20. The molecule has 0 aromatic carbocycles. The average Bonchev–Trinajstić information content (AvgIpc) is 2.79. The molecule has 2 aromatic heterocycles. The molecule has 2 aliphatic heterocycles. The normalized spacial score (nSPS) is 30.8. The van der Waals surface area contributed by atoms with E-state index in [1.165, 1.54) is 10.6 Å². The van der Waals surface area contributed by atoms with Crippen LogP contribution in [0, 0.1) is 0 Å². The molecule has 0 saturated carbocycles. The van der Waals surface area contributed by atoms with Crippen LogP contribution in [-0.2, 0) is 11.3 Å². The molecular formula is C10H10N4O3. The fourth-order valence-corrected chi connectivity index (χ4v) is 2.62. The smallest absolute Gasteiger partial charge is 0.254 e. The Morgan fingerprint density at radius 1 is 1.47 bits per heavy atom. The van der Waals surface area contributed by atoms with E-state index in [1.807, 2.05) is 0 Å². The van der Waals surface area contributed by atoms with Crippen LogP contribution in [0.25, 0.3) is 11.2 Å². The summed E-state index contributed by atoms with van der Waals surface area (Å²) in [7, 11) is 0. The summed E-state index contributed by atoms with van der Waals surface area (Å²) in [5, 5.41) is 17.8. The molecule has 0 radical (unpaired) electrons. The van der Waals surface area contributed by atoms with Crippen molar-refractivity contribution in [1.82, 2.24) is 19.6 Å². The Hall–Kier alpha value is -1.73. The summed E-state index contributed by atoms with van der Waals surface area (Å²) in [6, 6.07) is 3.11. The fourth-order valence-electron chi connectivity index (χ4n) is 2.62. The number of aromatic nitrogens is 4. The second-order valence-electron chi connectivity index (χ2n) is 4.45. The third-order valence-corrected chi connectivity index (χ3v) is 3.43. The first-order valence-electron chi connectivity index (χ1n) is 5.52. The molecule has 7 heteroatoms. The molecule has 17 heavy (non-hydrogen) atoms. The van der Waals surface area contributed by atoms with Gasteiger partial charge < -0.3 is 9.84 Å². The largest absolute Gasteiger partial charge is 0.390 e. The van der Waals surface area contributed by atoms with Gasteiger partial charge in [0.05, 0.1) is 12.6 Å². The van der Waals surface area contributed by atoms with Crippen LogP contribution in [0.15, 0.2) is 16.9 Å². The van der Waals surface area contributed by atoms with E-state index in [9.17, 15) is 9.90 Å². The van der Waals surface area contributed by atoms with Crippen molar-refractivity contribution in [2.24, 2.45) is 0 Å². The Kier molecular flexibility index (Phi) is 1.61. The molecule has 1 saturated heterocycles. The van der Waals surface area contributed by atoms with E-state index in [0.717, 1.165) is 0 Å². The van der Waals surface area contributed by atoms with E-state index in [-0.39, 0.29) is 11.7 Å². The van der Waals surface area contributed by atoms with Gasteiger partial charge in [-0.05, 0) is 6.07 Å². The van der Waals surface area contributed by atoms with Crippen LogP contribution in [0.4, 0.5) is 0 Å². The van der Waals surface area contributed by atoms with E-state index < -0.39 is 12.3 Å². The minimum Gasteiger partial charge on any atom is -0.390 e. The maximum atomic E-state index is 11.9. The van der Waals surface area contributed by atoms with Crippen LogP contribution in [0.2, 0.25) is 0 Å². The molecule has 2 aliphatic rings. The molecule has 0 aliphatic carbocycles. The predicted molar refractivity (Wildman–Crippen MR) is 56.3 cm³/mol. The quantitative estimate of drug-likeness (QED) is 0.649. The van der Waals surface area contributed by atoms with Gasteiger partial charge in [0.15, 0.2) is 5.65 Å². The number of rotatable bonds is 0. The van der Waals surface area contributed by atoms with Crippen molar-refractivity contribution in [3.63, 3.8) is 0 Å². The number of hydrogen-bond donors (Lipinski definition) is 1. The summed E-state index contributed by atoms with van der Waals surface area (Å²) in [6.07, 6.45) is -0.843. The Morgan fingerprint density at radius 2 is 2.35 bits per heavy atom. The first-order chi connectivity index (χ1) is 8.24. The minimum absolute atomic E-state index is 0.152. The summed E-state index contributed by atoms with van der Waals surface area (Å²) in [5.74, 6) is 0. The Balaban J connectivity index is 2.10. The second-order valence-corrected chi connectivity index (χ2v) is 4.45. The van der Waals surface area contributed by atoms with Crippen LogP contribution in [0.5, 0.6) is 0 Å². The fraction of sp³-hybridized carbons (Fsp3) is 0.500. The molecule has 0 unspecified atom stereocenters. The lowest BCUT2D eigenvalue weighted by Gasteiger charge is -2.13. The predicted octanol–water partition coefficient (Wildman–Crippen LogP) is -0.745. The van der Waals surface area contributed by atoms with Crippen LogP contribution in [-0.4, -0.2) is 36.9 Å². The molecule has 7 nitrogen and oxygen atoms in total.